The van der Waals surface area contributed by atoms with Gasteiger partial charge in [0.15, 0.2) is 0 Å². The van der Waals surface area contributed by atoms with Gasteiger partial charge in [-0.15, -0.1) is 0 Å². The minimum absolute atomic E-state index is 0. The molecule has 0 saturated carbocycles. The molecule has 1 atom stereocenters. The Morgan fingerprint density at radius 1 is 0.944 bits per heavy atom. The van der Waals surface area contributed by atoms with Crippen LogP contribution in [0.4, 0.5) is 0 Å². The van der Waals surface area contributed by atoms with E-state index in [9.17, 15) is 5.11 Å². The quantitative estimate of drug-likeness (QED) is 0.810. The Balaban J connectivity index is 0.00000120. The Kier molecular flexibility index (Phi) is 3.91. The number of ether oxygens (including phenoxy) is 1. The summed E-state index contributed by atoms with van der Waals surface area (Å²) in [7, 11) is 0. The third kappa shape index (κ3) is 2.37. The molecule has 0 aromatic heterocycles. The third-order valence-electron chi connectivity index (χ3n) is 3.21. The number of para-hydroxylation sites is 1. The van der Waals surface area contributed by atoms with Crippen molar-refractivity contribution < 1.29 is 31.6 Å². The van der Waals surface area contributed by atoms with Crippen LogP contribution in [0, 0.1) is 0 Å². The normalized spacial score (nSPS) is 21.4. The zero-order valence-electron chi connectivity index (χ0n) is 9.97. The SMILES string of the molecule is OC1(c2ccccc2)CCc2ccccc2O1.[Ti]. The molecule has 3 rings (SSSR count). The molecule has 0 fully saturated rings. The predicted octanol–water partition coefficient (Wildman–Crippen LogP) is 2.85. The molecule has 1 heterocycles. The summed E-state index contributed by atoms with van der Waals surface area (Å²) in [6.07, 6.45) is 1.43. The first-order chi connectivity index (χ1) is 8.28. The van der Waals surface area contributed by atoms with E-state index in [-0.39, 0.29) is 21.7 Å². The molecule has 1 aliphatic heterocycles. The molecule has 2 aromatic carbocycles. The van der Waals surface area contributed by atoms with E-state index in [0.29, 0.717) is 6.42 Å². The first-order valence-electron chi connectivity index (χ1n) is 5.83. The molecule has 1 N–H and O–H groups in total. The zero-order valence-corrected chi connectivity index (χ0v) is 11.5. The van der Waals surface area contributed by atoms with Crippen LogP contribution in [0.5, 0.6) is 5.75 Å². The van der Waals surface area contributed by atoms with Gasteiger partial charge < -0.3 is 9.84 Å². The minimum Gasteiger partial charge on any atom is -0.458 e. The van der Waals surface area contributed by atoms with Crippen molar-refractivity contribution in [1.82, 2.24) is 0 Å². The number of hydrogen-bond donors (Lipinski definition) is 1. The van der Waals surface area contributed by atoms with Gasteiger partial charge in [0.25, 0.3) is 0 Å². The molecule has 18 heavy (non-hydrogen) atoms. The molecule has 3 heteroatoms. The Labute approximate surface area is 121 Å². The molecule has 0 radical (unpaired) electrons. The summed E-state index contributed by atoms with van der Waals surface area (Å²) in [5.74, 6) is -0.402. The average Bonchev–Trinajstić information content (AvgIpc) is 2.40. The van der Waals surface area contributed by atoms with Crippen molar-refractivity contribution in [3.63, 3.8) is 0 Å². The van der Waals surface area contributed by atoms with Gasteiger partial charge >= 0.3 is 0 Å². The van der Waals surface area contributed by atoms with Crippen LogP contribution >= 0.6 is 0 Å². The van der Waals surface area contributed by atoms with E-state index in [1.165, 1.54) is 0 Å². The van der Waals surface area contributed by atoms with E-state index >= 15 is 0 Å². The Morgan fingerprint density at radius 2 is 1.61 bits per heavy atom. The zero-order chi connectivity index (χ0) is 11.7. The van der Waals surface area contributed by atoms with Crippen LogP contribution < -0.4 is 4.74 Å². The van der Waals surface area contributed by atoms with Crippen molar-refractivity contribution in [3.8, 4) is 5.75 Å². The summed E-state index contributed by atoms with van der Waals surface area (Å²) in [5.41, 5.74) is 1.97. The van der Waals surface area contributed by atoms with Crippen molar-refractivity contribution >= 4 is 0 Å². The fourth-order valence-electron chi connectivity index (χ4n) is 2.25. The molecule has 1 aliphatic rings. The van der Waals surface area contributed by atoms with Crippen LogP contribution in [0.3, 0.4) is 0 Å². The molecular formula is C15H14O2Ti. The number of rotatable bonds is 1. The number of fused-ring (bicyclic) bond motifs is 1. The minimum atomic E-state index is -1.18. The average molecular weight is 274 g/mol. The molecular weight excluding hydrogens is 260 g/mol. The second-order valence-electron chi connectivity index (χ2n) is 4.36. The van der Waals surface area contributed by atoms with Crippen LogP contribution in [0.2, 0.25) is 0 Å². The maximum absolute atomic E-state index is 10.6. The standard InChI is InChI=1S/C15H14O2.Ti/c16-15(13-7-2-1-3-8-13)11-10-12-6-4-5-9-14(12)17-15;/h1-9,16H,10-11H2;. The van der Waals surface area contributed by atoms with Crippen LogP contribution in [0.15, 0.2) is 54.6 Å². The van der Waals surface area contributed by atoms with Crippen molar-refractivity contribution in [3.05, 3.63) is 65.7 Å². The Bertz CT molecular complexity index is 527. The smallest absolute Gasteiger partial charge is 0.235 e. The number of aryl methyl sites for hydroxylation is 1. The summed E-state index contributed by atoms with van der Waals surface area (Å²) < 4.78 is 5.76. The van der Waals surface area contributed by atoms with Crippen LogP contribution in [-0.2, 0) is 33.9 Å². The molecule has 0 saturated heterocycles. The van der Waals surface area contributed by atoms with Gasteiger partial charge in [-0.2, -0.15) is 0 Å². The topological polar surface area (TPSA) is 29.5 Å². The van der Waals surface area contributed by atoms with Gasteiger partial charge in [0, 0.05) is 33.7 Å². The van der Waals surface area contributed by atoms with Crippen molar-refractivity contribution in [2.24, 2.45) is 0 Å². The van der Waals surface area contributed by atoms with Gasteiger partial charge in [0.2, 0.25) is 5.79 Å². The van der Waals surface area contributed by atoms with Crippen molar-refractivity contribution in [1.29, 1.82) is 0 Å². The molecule has 90 valence electrons. The van der Waals surface area contributed by atoms with E-state index < -0.39 is 5.79 Å². The van der Waals surface area contributed by atoms with E-state index in [1.807, 2.05) is 54.6 Å². The van der Waals surface area contributed by atoms with Crippen molar-refractivity contribution in [2.75, 3.05) is 0 Å². The summed E-state index contributed by atoms with van der Waals surface area (Å²) in [6, 6.07) is 17.4. The summed E-state index contributed by atoms with van der Waals surface area (Å²) >= 11 is 0. The Morgan fingerprint density at radius 3 is 2.39 bits per heavy atom. The number of aliphatic hydroxyl groups is 1. The van der Waals surface area contributed by atoms with Gasteiger partial charge in [0.05, 0.1) is 0 Å². The van der Waals surface area contributed by atoms with Gasteiger partial charge in [0.1, 0.15) is 5.75 Å². The molecule has 1 unspecified atom stereocenters. The predicted molar refractivity (Wildman–Crippen MR) is 65.7 cm³/mol. The first kappa shape index (κ1) is 13.3. The summed E-state index contributed by atoms with van der Waals surface area (Å²) in [5, 5.41) is 10.6. The Hall–Kier alpha value is -1.09. The maximum Gasteiger partial charge on any atom is 0.235 e. The first-order valence-corrected chi connectivity index (χ1v) is 5.83. The third-order valence-corrected chi connectivity index (χ3v) is 3.21. The van der Waals surface area contributed by atoms with Crippen LogP contribution in [0.25, 0.3) is 0 Å². The summed E-state index contributed by atoms with van der Waals surface area (Å²) in [4.78, 5) is 0. The summed E-state index contributed by atoms with van der Waals surface area (Å²) in [6.45, 7) is 0. The second kappa shape index (κ2) is 5.27. The maximum atomic E-state index is 10.6. The number of benzene rings is 2. The van der Waals surface area contributed by atoms with E-state index in [1.54, 1.807) is 0 Å². The molecule has 0 aliphatic carbocycles. The van der Waals surface area contributed by atoms with Gasteiger partial charge in [-0.05, 0) is 18.1 Å². The van der Waals surface area contributed by atoms with Crippen molar-refractivity contribution in [2.45, 2.75) is 18.6 Å². The van der Waals surface area contributed by atoms with E-state index in [0.717, 1.165) is 23.3 Å². The van der Waals surface area contributed by atoms with Gasteiger partial charge in [-0.1, -0.05) is 48.5 Å². The second-order valence-corrected chi connectivity index (χ2v) is 4.36. The van der Waals surface area contributed by atoms with Gasteiger partial charge in [-0.25, -0.2) is 0 Å². The van der Waals surface area contributed by atoms with E-state index in [4.69, 9.17) is 4.74 Å². The van der Waals surface area contributed by atoms with E-state index in [2.05, 4.69) is 0 Å². The fraction of sp³-hybridized carbons (Fsp3) is 0.200. The molecule has 0 amide bonds. The number of hydrogen-bond acceptors (Lipinski definition) is 2. The van der Waals surface area contributed by atoms with Crippen LogP contribution in [-0.4, -0.2) is 5.11 Å². The molecule has 2 nitrogen and oxygen atoms in total. The van der Waals surface area contributed by atoms with Gasteiger partial charge in [-0.3, -0.25) is 0 Å². The molecule has 0 spiro atoms. The monoisotopic (exact) mass is 274 g/mol. The van der Waals surface area contributed by atoms with Crippen LogP contribution in [0.1, 0.15) is 17.5 Å². The fourth-order valence-corrected chi connectivity index (χ4v) is 2.25. The largest absolute Gasteiger partial charge is 0.458 e. The molecule has 0 bridgehead atoms. The molecule has 2 aromatic rings.